The second kappa shape index (κ2) is 4.30. The molecule has 1 fully saturated rings. The van der Waals surface area contributed by atoms with Crippen molar-refractivity contribution in [1.82, 2.24) is 0 Å². The predicted molar refractivity (Wildman–Crippen MR) is 43.7 cm³/mol. The van der Waals surface area contributed by atoms with Gasteiger partial charge < -0.3 is 15.2 Å². The van der Waals surface area contributed by atoms with Gasteiger partial charge >= 0.3 is 6.16 Å². The molecule has 12 heavy (non-hydrogen) atoms. The number of carbonyl (C=O) groups excluding carboxylic acids is 1. The zero-order valence-corrected chi connectivity index (χ0v) is 7.29. The van der Waals surface area contributed by atoms with Gasteiger partial charge in [0.15, 0.2) is 0 Å². The Bertz CT molecular complexity index is 160. The molecule has 2 atom stereocenters. The Labute approximate surface area is 72.0 Å². The average Bonchev–Trinajstić information content (AvgIpc) is 2.36. The summed E-state index contributed by atoms with van der Waals surface area (Å²) >= 11 is 0. The first-order valence-electron chi connectivity index (χ1n) is 4.31. The predicted octanol–water partition coefficient (Wildman–Crippen LogP) is 1.04. The maximum atomic E-state index is 10.8. The van der Waals surface area contributed by atoms with Gasteiger partial charge in [0, 0.05) is 6.04 Å². The van der Waals surface area contributed by atoms with Crippen molar-refractivity contribution in [2.24, 2.45) is 5.73 Å². The van der Waals surface area contributed by atoms with Crippen LogP contribution >= 0.6 is 0 Å². The summed E-state index contributed by atoms with van der Waals surface area (Å²) in [5, 5.41) is 0. The summed E-state index contributed by atoms with van der Waals surface area (Å²) in [6.45, 7) is 2.11. The van der Waals surface area contributed by atoms with Crippen molar-refractivity contribution in [1.29, 1.82) is 0 Å². The van der Waals surface area contributed by atoms with Crippen LogP contribution in [0.25, 0.3) is 0 Å². The van der Waals surface area contributed by atoms with E-state index in [2.05, 4.69) is 4.74 Å². The van der Waals surface area contributed by atoms with E-state index in [1.54, 1.807) is 6.92 Å². The molecule has 0 radical (unpaired) electrons. The lowest BCUT2D eigenvalue weighted by Gasteiger charge is -2.10. The molecule has 70 valence electrons. The first-order chi connectivity index (χ1) is 5.72. The van der Waals surface area contributed by atoms with E-state index >= 15 is 0 Å². The summed E-state index contributed by atoms with van der Waals surface area (Å²) < 4.78 is 9.62. The van der Waals surface area contributed by atoms with Crippen LogP contribution in [0.3, 0.4) is 0 Å². The van der Waals surface area contributed by atoms with Crippen molar-refractivity contribution in [3.05, 3.63) is 0 Å². The Balaban J connectivity index is 2.18. The molecule has 2 N–H and O–H groups in total. The van der Waals surface area contributed by atoms with Crippen LogP contribution < -0.4 is 5.73 Å². The third-order valence-corrected chi connectivity index (χ3v) is 1.95. The fraction of sp³-hybridized carbons (Fsp3) is 0.875. The first-order valence-corrected chi connectivity index (χ1v) is 4.31. The third kappa shape index (κ3) is 2.70. The molecule has 4 heteroatoms. The third-order valence-electron chi connectivity index (χ3n) is 1.95. The van der Waals surface area contributed by atoms with Gasteiger partial charge in [-0.05, 0) is 26.2 Å². The number of ether oxygens (including phenoxy) is 2. The lowest BCUT2D eigenvalue weighted by atomic mass is 10.3. The van der Waals surface area contributed by atoms with Crippen LogP contribution in [-0.2, 0) is 9.47 Å². The molecule has 0 aliphatic heterocycles. The highest BCUT2D eigenvalue weighted by Crippen LogP contribution is 2.20. The highest BCUT2D eigenvalue weighted by molar-refractivity contribution is 5.60. The van der Waals surface area contributed by atoms with Gasteiger partial charge in [-0.3, -0.25) is 0 Å². The monoisotopic (exact) mass is 173 g/mol. The van der Waals surface area contributed by atoms with E-state index in [4.69, 9.17) is 10.5 Å². The number of carbonyl (C=O) groups is 1. The van der Waals surface area contributed by atoms with Gasteiger partial charge in [0.05, 0.1) is 6.61 Å². The second-order valence-electron chi connectivity index (χ2n) is 3.00. The summed E-state index contributed by atoms with van der Waals surface area (Å²) in [5.74, 6) is 0. The topological polar surface area (TPSA) is 61.5 Å². The number of hydrogen-bond donors (Lipinski definition) is 1. The summed E-state index contributed by atoms with van der Waals surface area (Å²) in [4.78, 5) is 10.8. The van der Waals surface area contributed by atoms with Gasteiger partial charge in [0.1, 0.15) is 6.10 Å². The molecule has 0 bridgehead atoms. The normalized spacial score (nSPS) is 28.5. The van der Waals surface area contributed by atoms with E-state index in [-0.39, 0.29) is 12.1 Å². The van der Waals surface area contributed by atoms with Gasteiger partial charge in [-0.15, -0.1) is 0 Å². The van der Waals surface area contributed by atoms with E-state index in [0.29, 0.717) is 6.61 Å². The Morgan fingerprint density at radius 3 is 2.83 bits per heavy atom. The molecular weight excluding hydrogens is 158 g/mol. The molecule has 0 amide bonds. The summed E-state index contributed by atoms with van der Waals surface area (Å²) in [5.41, 5.74) is 5.64. The lowest BCUT2D eigenvalue weighted by Crippen LogP contribution is -2.20. The van der Waals surface area contributed by atoms with Crippen LogP contribution in [0, 0.1) is 0 Å². The van der Waals surface area contributed by atoms with E-state index in [1.165, 1.54) is 0 Å². The molecule has 0 saturated heterocycles. The summed E-state index contributed by atoms with van der Waals surface area (Å²) in [7, 11) is 0. The largest absolute Gasteiger partial charge is 0.508 e. The Kier molecular flexibility index (Phi) is 3.34. The Hall–Kier alpha value is -0.770. The lowest BCUT2D eigenvalue weighted by molar-refractivity contribution is 0.0283. The molecular formula is C8H15NO3. The molecule has 0 heterocycles. The zero-order chi connectivity index (χ0) is 8.97. The summed E-state index contributed by atoms with van der Waals surface area (Å²) in [6.07, 6.45) is 1.96. The van der Waals surface area contributed by atoms with Crippen LogP contribution in [0.1, 0.15) is 26.2 Å². The molecule has 1 aliphatic carbocycles. The molecule has 2 unspecified atom stereocenters. The van der Waals surface area contributed by atoms with Crippen molar-refractivity contribution in [3.8, 4) is 0 Å². The zero-order valence-electron chi connectivity index (χ0n) is 7.29. The van der Waals surface area contributed by atoms with Crippen molar-refractivity contribution >= 4 is 6.16 Å². The first kappa shape index (κ1) is 9.32. The van der Waals surface area contributed by atoms with Crippen LogP contribution in [0.5, 0.6) is 0 Å². The number of rotatable bonds is 2. The van der Waals surface area contributed by atoms with Gasteiger partial charge in [-0.1, -0.05) is 0 Å². The molecule has 1 aliphatic rings. The van der Waals surface area contributed by atoms with Gasteiger partial charge in [-0.2, -0.15) is 0 Å². The van der Waals surface area contributed by atoms with Crippen molar-refractivity contribution in [2.45, 2.75) is 38.3 Å². The van der Waals surface area contributed by atoms with Crippen LogP contribution in [0.2, 0.25) is 0 Å². The Morgan fingerprint density at radius 2 is 2.33 bits per heavy atom. The van der Waals surface area contributed by atoms with Gasteiger partial charge in [0.25, 0.3) is 0 Å². The van der Waals surface area contributed by atoms with Crippen molar-refractivity contribution in [3.63, 3.8) is 0 Å². The summed E-state index contributed by atoms with van der Waals surface area (Å²) in [6, 6.07) is 0.185. The van der Waals surface area contributed by atoms with E-state index in [9.17, 15) is 4.79 Å². The molecule has 0 aromatic carbocycles. The molecule has 0 aromatic heterocycles. The van der Waals surface area contributed by atoms with Crippen LogP contribution in [0.15, 0.2) is 0 Å². The fourth-order valence-corrected chi connectivity index (χ4v) is 1.37. The van der Waals surface area contributed by atoms with Crippen LogP contribution in [-0.4, -0.2) is 24.9 Å². The smallest absolute Gasteiger partial charge is 0.435 e. The SMILES string of the molecule is CCOC(=O)OC1CCC(N)C1. The van der Waals surface area contributed by atoms with Gasteiger partial charge in [-0.25, -0.2) is 4.79 Å². The molecule has 1 rings (SSSR count). The maximum Gasteiger partial charge on any atom is 0.508 e. The maximum absolute atomic E-state index is 10.8. The quantitative estimate of drug-likeness (QED) is 0.634. The fourth-order valence-electron chi connectivity index (χ4n) is 1.37. The van der Waals surface area contributed by atoms with Crippen molar-refractivity contribution < 1.29 is 14.3 Å². The highest BCUT2D eigenvalue weighted by Gasteiger charge is 2.25. The second-order valence-corrected chi connectivity index (χ2v) is 3.00. The van der Waals surface area contributed by atoms with E-state index < -0.39 is 6.16 Å². The number of hydrogen-bond acceptors (Lipinski definition) is 4. The van der Waals surface area contributed by atoms with E-state index in [1.807, 2.05) is 0 Å². The molecule has 0 aromatic rings. The molecule has 0 spiro atoms. The van der Waals surface area contributed by atoms with Crippen molar-refractivity contribution in [2.75, 3.05) is 6.61 Å². The standard InChI is InChI=1S/C8H15NO3/c1-2-11-8(10)12-7-4-3-6(9)5-7/h6-7H,2-5,9H2,1H3. The molecule has 1 saturated carbocycles. The minimum atomic E-state index is -0.573. The van der Waals surface area contributed by atoms with Gasteiger partial charge in [0.2, 0.25) is 0 Å². The number of nitrogens with two attached hydrogens (primary N) is 1. The van der Waals surface area contributed by atoms with Crippen LogP contribution in [0.4, 0.5) is 4.79 Å². The minimum absolute atomic E-state index is 0.0287. The minimum Gasteiger partial charge on any atom is -0.435 e. The average molecular weight is 173 g/mol. The Morgan fingerprint density at radius 1 is 1.58 bits per heavy atom. The highest BCUT2D eigenvalue weighted by atomic mass is 16.7. The molecule has 4 nitrogen and oxygen atoms in total. The van der Waals surface area contributed by atoms with E-state index in [0.717, 1.165) is 19.3 Å².